The second kappa shape index (κ2) is 12.0. The number of benzene rings is 2. The Balaban J connectivity index is 1.79. The van der Waals surface area contributed by atoms with Gasteiger partial charge in [-0.15, -0.1) is 11.3 Å². The molecule has 0 aliphatic heterocycles. The molecule has 0 bridgehead atoms. The second-order valence-electron chi connectivity index (χ2n) is 8.04. The molecule has 3 aromatic rings. The summed E-state index contributed by atoms with van der Waals surface area (Å²) >= 11 is 5.16. The van der Waals surface area contributed by atoms with E-state index in [0.29, 0.717) is 18.8 Å². The van der Waals surface area contributed by atoms with E-state index in [9.17, 15) is 9.59 Å². The minimum atomic E-state index is -0.281. The molecular weight excluding hydrogens is 498 g/mol. The van der Waals surface area contributed by atoms with Crippen molar-refractivity contribution in [2.45, 2.75) is 46.3 Å². The number of hydrogen-bond acceptors (Lipinski definition) is 3. The van der Waals surface area contributed by atoms with Crippen LogP contribution in [0.5, 0.6) is 0 Å². The number of nitrogens with one attached hydrogen (secondary N) is 1. The molecule has 0 aliphatic rings. The van der Waals surface area contributed by atoms with Crippen LogP contribution in [0.1, 0.15) is 35.6 Å². The van der Waals surface area contributed by atoms with Crippen molar-refractivity contribution in [1.82, 2.24) is 9.80 Å². The van der Waals surface area contributed by atoms with Crippen molar-refractivity contribution < 1.29 is 9.59 Å². The van der Waals surface area contributed by atoms with E-state index in [1.54, 1.807) is 16.2 Å². The number of carbonyl (C=O) groups is 2. The average Bonchev–Trinajstić information content (AvgIpc) is 3.23. The lowest BCUT2D eigenvalue weighted by Crippen LogP contribution is -2.47. The summed E-state index contributed by atoms with van der Waals surface area (Å²) in [5.41, 5.74) is 1.74. The maximum Gasteiger partial charge on any atom is 0.322 e. The van der Waals surface area contributed by atoms with Crippen molar-refractivity contribution in [3.63, 3.8) is 0 Å². The highest BCUT2D eigenvalue weighted by Crippen LogP contribution is 2.23. The van der Waals surface area contributed by atoms with E-state index < -0.39 is 0 Å². The molecule has 0 spiro atoms. The predicted octanol–water partition coefficient (Wildman–Crippen LogP) is 6.68. The van der Waals surface area contributed by atoms with E-state index in [2.05, 4.69) is 40.3 Å². The minimum Gasteiger partial charge on any atom is -0.332 e. The quantitative estimate of drug-likeness (QED) is 0.337. The number of para-hydroxylation sites is 1. The van der Waals surface area contributed by atoms with Crippen LogP contribution >= 0.6 is 27.3 Å². The van der Waals surface area contributed by atoms with Crippen LogP contribution in [0, 0.1) is 6.92 Å². The van der Waals surface area contributed by atoms with Gasteiger partial charge in [-0.3, -0.25) is 4.79 Å². The molecule has 1 N–H and O–H groups in total. The van der Waals surface area contributed by atoms with Crippen LogP contribution in [0.4, 0.5) is 10.5 Å². The first kappa shape index (κ1) is 25.0. The molecule has 3 amide bonds. The largest absolute Gasteiger partial charge is 0.332 e. The highest BCUT2D eigenvalue weighted by atomic mass is 79.9. The first-order valence-corrected chi connectivity index (χ1v) is 12.7. The fourth-order valence-electron chi connectivity index (χ4n) is 3.44. The molecule has 174 valence electrons. The van der Waals surface area contributed by atoms with E-state index in [4.69, 9.17) is 0 Å². The maximum atomic E-state index is 13.5. The third-order valence-electron chi connectivity index (χ3n) is 5.52. The van der Waals surface area contributed by atoms with Gasteiger partial charge in [-0.25, -0.2) is 4.79 Å². The van der Waals surface area contributed by atoms with E-state index in [1.807, 2.05) is 73.3 Å². The van der Waals surface area contributed by atoms with Crippen LogP contribution in [0.3, 0.4) is 0 Å². The van der Waals surface area contributed by atoms with Crippen LogP contribution in [0.2, 0.25) is 0 Å². The van der Waals surface area contributed by atoms with Crippen molar-refractivity contribution >= 4 is 44.9 Å². The number of urea groups is 1. The Morgan fingerprint density at radius 3 is 2.33 bits per heavy atom. The Morgan fingerprint density at radius 1 is 1.00 bits per heavy atom. The molecular formula is C26H30BrN3O2S. The van der Waals surface area contributed by atoms with Crippen LogP contribution in [-0.4, -0.2) is 34.3 Å². The molecule has 0 aliphatic carbocycles. The Morgan fingerprint density at radius 2 is 1.70 bits per heavy atom. The average molecular weight is 529 g/mol. The maximum absolute atomic E-state index is 13.5. The number of aryl methyl sites for hydroxylation is 1. The predicted molar refractivity (Wildman–Crippen MR) is 139 cm³/mol. The summed E-state index contributed by atoms with van der Waals surface area (Å²) in [5, 5.41) is 2.94. The molecule has 1 aromatic heterocycles. The normalized spacial score (nSPS) is 11.6. The van der Waals surface area contributed by atoms with Gasteiger partial charge in [0.2, 0.25) is 5.91 Å². The molecule has 0 radical (unpaired) electrons. The lowest BCUT2D eigenvalue weighted by molar-refractivity contribution is -0.133. The number of amides is 3. The third kappa shape index (κ3) is 7.17. The van der Waals surface area contributed by atoms with E-state index in [-0.39, 0.29) is 24.5 Å². The second-order valence-corrected chi connectivity index (χ2v) is 10.3. The van der Waals surface area contributed by atoms with Crippen LogP contribution in [0.15, 0.2) is 71.2 Å². The Hall–Kier alpha value is -2.64. The molecule has 0 saturated heterocycles. The first-order chi connectivity index (χ1) is 15.9. The number of nitrogens with zero attached hydrogens (tertiary/aromatic N) is 2. The van der Waals surface area contributed by atoms with Gasteiger partial charge in [-0.05, 0) is 66.0 Å². The fourth-order valence-corrected chi connectivity index (χ4v) is 4.73. The highest BCUT2D eigenvalue weighted by Gasteiger charge is 2.25. The van der Waals surface area contributed by atoms with Gasteiger partial charge >= 0.3 is 6.03 Å². The number of hydrogen-bond donors (Lipinski definition) is 1. The molecule has 1 atom stereocenters. The van der Waals surface area contributed by atoms with Crippen molar-refractivity contribution in [3.8, 4) is 0 Å². The number of carbonyl (C=O) groups excluding carboxylic acids is 2. The van der Waals surface area contributed by atoms with Crippen LogP contribution in [-0.2, 0) is 17.9 Å². The molecule has 3 rings (SSSR count). The van der Waals surface area contributed by atoms with Crippen molar-refractivity contribution in [2.75, 3.05) is 11.9 Å². The van der Waals surface area contributed by atoms with Crippen molar-refractivity contribution in [2.24, 2.45) is 0 Å². The van der Waals surface area contributed by atoms with Gasteiger partial charge in [0.25, 0.3) is 0 Å². The lowest BCUT2D eigenvalue weighted by Gasteiger charge is -2.31. The Labute approximate surface area is 208 Å². The van der Waals surface area contributed by atoms with E-state index >= 15 is 0 Å². The molecule has 0 fully saturated rings. The minimum absolute atomic E-state index is 0.0164. The fraction of sp³-hybridized carbons (Fsp3) is 0.308. The van der Waals surface area contributed by atoms with Gasteiger partial charge in [-0.2, -0.15) is 0 Å². The van der Waals surface area contributed by atoms with Crippen molar-refractivity contribution in [3.05, 3.63) is 86.5 Å². The smallest absolute Gasteiger partial charge is 0.322 e. The molecule has 2 aromatic carbocycles. The Bertz CT molecular complexity index is 1070. The summed E-state index contributed by atoms with van der Waals surface area (Å²) in [4.78, 5) is 32.5. The zero-order chi connectivity index (χ0) is 23.8. The van der Waals surface area contributed by atoms with Gasteiger partial charge in [0, 0.05) is 26.8 Å². The summed E-state index contributed by atoms with van der Waals surface area (Å²) in [6, 6.07) is 21.2. The standard InChI is InChI=1S/C26H30BrN3O2S/c1-4-19(2)30(26(32)28-24-13-9-8-12-23(24)27)18-25(31)29(16-21-10-6-5-7-11-21)17-22-15-14-20(3)33-22/h5-15,19H,4,16-18H2,1-3H3,(H,28,32). The number of thiophene rings is 1. The van der Waals surface area contributed by atoms with Crippen LogP contribution < -0.4 is 5.32 Å². The van der Waals surface area contributed by atoms with Gasteiger partial charge in [-0.1, -0.05) is 49.4 Å². The van der Waals surface area contributed by atoms with Gasteiger partial charge < -0.3 is 15.1 Å². The number of halogens is 1. The summed E-state index contributed by atoms with van der Waals surface area (Å²) in [6.07, 6.45) is 0.749. The molecule has 5 nitrogen and oxygen atoms in total. The molecule has 33 heavy (non-hydrogen) atoms. The molecule has 7 heteroatoms. The molecule has 1 unspecified atom stereocenters. The first-order valence-electron chi connectivity index (χ1n) is 11.1. The highest BCUT2D eigenvalue weighted by molar-refractivity contribution is 9.10. The van der Waals surface area contributed by atoms with E-state index in [1.165, 1.54) is 4.88 Å². The summed E-state index contributed by atoms with van der Waals surface area (Å²) in [6.45, 7) is 7.08. The topological polar surface area (TPSA) is 52.7 Å². The SMILES string of the molecule is CCC(C)N(CC(=O)N(Cc1ccccc1)Cc1ccc(C)s1)C(=O)Nc1ccccc1Br. The van der Waals surface area contributed by atoms with Gasteiger partial charge in [0.15, 0.2) is 0 Å². The van der Waals surface area contributed by atoms with Crippen molar-refractivity contribution in [1.29, 1.82) is 0 Å². The monoisotopic (exact) mass is 527 g/mol. The zero-order valence-electron chi connectivity index (χ0n) is 19.3. The lowest BCUT2D eigenvalue weighted by atomic mass is 10.2. The number of anilines is 1. The summed E-state index contributed by atoms with van der Waals surface area (Å²) in [5.74, 6) is -0.0764. The Kier molecular flexibility index (Phi) is 9.09. The van der Waals surface area contributed by atoms with E-state index in [0.717, 1.165) is 21.3 Å². The number of rotatable bonds is 9. The van der Waals surface area contributed by atoms with Crippen LogP contribution in [0.25, 0.3) is 0 Å². The molecule has 1 heterocycles. The third-order valence-corrected chi connectivity index (χ3v) is 7.19. The summed E-state index contributed by atoms with van der Waals surface area (Å²) < 4.78 is 0.799. The zero-order valence-corrected chi connectivity index (χ0v) is 21.7. The molecule has 0 saturated carbocycles. The van der Waals surface area contributed by atoms with Gasteiger partial charge in [0.05, 0.1) is 12.2 Å². The summed E-state index contributed by atoms with van der Waals surface area (Å²) in [7, 11) is 0. The van der Waals surface area contributed by atoms with Gasteiger partial charge in [0.1, 0.15) is 6.54 Å².